The van der Waals surface area contributed by atoms with Gasteiger partial charge in [0.2, 0.25) is 0 Å². The van der Waals surface area contributed by atoms with Gasteiger partial charge in [-0.05, 0) is 48.9 Å². The van der Waals surface area contributed by atoms with Crippen LogP contribution in [0, 0.1) is 0 Å². The average Bonchev–Trinajstić information content (AvgIpc) is 2.65. The third-order valence-electron chi connectivity index (χ3n) is 3.48. The van der Waals surface area contributed by atoms with Crippen molar-refractivity contribution in [2.75, 3.05) is 13.2 Å². The molecule has 0 aliphatic rings. The Hall–Kier alpha value is -3.28. The van der Waals surface area contributed by atoms with Crippen LogP contribution in [0.25, 0.3) is 11.0 Å². The molecule has 3 rings (SSSR count). The van der Waals surface area contributed by atoms with Gasteiger partial charge in [-0.3, -0.25) is 0 Å². The standard InChI is InChI=1S/C20H18O6/c1-2-11-23-15-6-8-16(9-7-15)25-20(22)13-24-17-5-3-14-4-10-19(21)26-18(14)12-17/h3-10,12H,2,11,13H2,1H3. The first-order valence-corrected chi connectivity index (χ1v) is 8.24. The number of rotatable bonds is 7. The van der Waals surface area contributed by atoms with E-state index >= 15 is 0 Å². The normalized spacial score (nSPS) is 10.5. The molecule has 0 saturated heterocycles. The fraction of sp³-hybridized carbons (Fsp3) is 0.200. The molecular weight excluding hydrogens is 336 g/mol. The van der Waals surface area contributed by atoms with Crippen molar-refractivity contribution in [1.82, 2.24) is 0 Å². The van der Waals surface area contributed by atoms with E-state index in [1.807, 2.05) is 6.92 Å². The summed E-state index contributed by atoms with van der Waals surface area (Å²) >= 11 is 0. The van der Waals surface area contributed by atoms with Gasteiger partial charge in [-0.25, -0.2) is 9.59 Å². The molecule has 3 aromatic rings. The number of fused-ring (bicyclic) bond motifs is 1. The van der Waals surface area contributed by atoms with E-state index in [1.165, 1.54) is 6.07 Å². The van der Waals surface area contributed by atoms with Crippen LogP contribution in [0.15, 0.2) is 63.8 Å². The van der Waals surface area contributed by atoms with Gasteiger partial charge in [0.15, 0.2) is 6.61 Å². The predicted octanol–water partition coefficient (Wildman–Crippen LogP) is 3.57. The van der Waals surface area contributed by atoms with Crippen LogP contribution in [0.4, 0.5) is 0 Å². The molecule has 1 heterocycles. The smallest absolute Gasteiger partial charge is 0.349 e. The van der Waals surface area contributed by atoms with Crippen LogP contribution >= 0.6 is 0 Å². The second-order valence-electron chi connectivity index (χ2n) is 5.54. The van der Waals surface area contributed by atoms with Crippen LogP contribution in [0.1, 0.15) is 13.3 Å². The molecule has 0 N–H and O–H groups in total. The van der Waals surface area contributed by atoms with E-state index in [-0.39, 0.29) is 6.61 Å². The molecule has 6 nitrogen and oxygen atoms in total. The fourth-order valence-corrected chi connectivity index (χ4v) is 2.26. The molecule has 0 unspecified atom stereocenters. The van der Waals surface area contributed by atoms with Gasteiger partial charge in [0.1, 0.15) is 22.8 Å². The average molecular weight is 354 g/mol. The fourth-order valence-electron chi connectivity index (χ4n) is 2.26. The maximum Gasteiger partial charge on any atom is 0.349 e. The second-order valence-corrected chi connectivity index (χ2v) is 5.54. The molecule has 0 fully saturated rings. The van der Waals surface area contributed by atoms with Crippen molar-refractivity contribution >= 4 is 16.9 Å². The van der Waals surface area contributed by atoms with Crippen LogP contribution in [0.2, 0.25) is 0 Å². The van der Waals surface area contributed by atoms with Gasteiger partial charge >= 0.3 is 11.6 Å². The Morgan fingerprint density at radius 3 is 2.38 bits per heavy atom. The number of carbonyl (C=O) groups excluding carboxylic acids is 1. The highest BCUT2D eigenvalue weighted by Crippen LogP contribution is 2.20. The predicted molar refractivity (Wildman–Crippen MR) is 95.8 cm³/mol. The summed E-state index contributed by atoms with van der Waals surface area (Å²) in [5, 5.41) is 0.768. The quantitative estimate of drug-likeness (QED) is 0.367. The number of ether oxygens (including phenoxy) is 3. The zero-order valence-corrected chi connectivity index (χ0v) is 14.3. The van der Waals surface area contributed by atoms with E-state index in [0.717, 1.165) is 17.6 Å². The van der Waals surface area contributed by atoms with Crippen molar-refractivity contribution in [3.05, 3.63) is 65.0 Å². The van der Waals surface area contributed by atoms with Crippen molar-refractivity contribution in [2.24, 2.45) is 0 Å². The monoisotopic (exact) mass is 354 g/mol. The Bertz CT molecular complexity index is 942. The van der Waals surface area contributed by atoms with Crippen LogP contribution in [-0.4, -0.2) is 19.2 Å². The van der Waals surface area contributed by atoms with Crippen molar-refractivity contribution in [3.63, 3.8) is 0 Å². The first-order chi connectivity index (χ1) is 12.6. The Kier molecular flexibility index (Phi) is 5.53. The highest BCUT2D eigenvalue weighted by atomic mass is 16.6. The third kappa shape index (κ3) is 4.63. The summed E-state index contributed by atoms with van der Waals surface area (Å²) in [6.07, 6.45) is 0.923. The van der Waals surface area contributed by atoms with E-state index in [0.29, 0.717) is 23.7 Å². The summed E-state index contributed by atoms with van der Waals surface area (Å²) in [6, 6.07) is 14.8. The maximum atomic E-state index is 11.9. The van der Waals surface area contributed by atoms with Gasteiger partial charge in [-0.2, -0.15) is 0 Å². The van der Waals surface area contributed by atoms with E-state index in [4.69, 9.17) is 18.6 Å². The molecule has 1 aromatic heterocycles. The molecule has 0 spiro atoms. The third-order valence-corrected chi connectivity index (χ3v) is 3.48. The SMILES string of the molecule is CCCOc1ccc(OC(=O)COc2ccc3ccc(=O)oc3c2)cc1. The van der Waals surface area contributed by atoms with Crippen LogP contribution in [-0.2, 0) is 4.79 Å². The van der Waals surface area contributed by atoms with Crippen molar-refractivity contribution in [1.29, 1.82) is 0 Å². The minimum absolute atomic E-state index is 0.267. The van der Waals surface area contributed by atoms with Crippen LogP contribution in [0.5, 0.6) is 17.2 Å². The lowest BCUT2D eigenvalue weighted by Gasteiger charge is -2.08. The Labute approximate surface area is 149 Å². The second kappa shape index (κ2) is 8.20. The van der Waals surface area contributed by atoms with Crippen LogP contribution < -0.4 is 19.8 Å². The lowest BCUT2D eigenvalue weighted by Crippen LogP contribution is -2.17. The molecule has 6 heteroatoms. The lowest BCUT2D eigenvalue weighted by atomic mass is 10.2. The number of carbonyl (C=O) groups is 1. The number of esters is 1. The summed E-state index contributed by atoms with van der Waals surface area (Å²) in [6.45, 7) is 2.40. The Morgan fingerprint density at radius 1 is 0.923 bits per heavy atom. The lowest BCUT2D eigenvalue weighted by molar-refractivity contribution is -0.136. The van der Waals surface area contributed by atoms with Crippen LogP contribution in [0.3, 0.4) is 0 Å². The van der Waals surface area contributed by atoms with Crippen molar-refractivity contribution < 1.29 is 23.4 Å². The zero-order valence-electron chi connectivity index (χ0n) is 14.3. The molecule has 26 heavy (non-hydrogen) atoms. The summed E-state index contributed by atoms with van der Waals surface area (Å²) < 4.78 is 21.2. The molecule has 134 valence electrons. The summed E-state index contributed by atoms with van der Waals surface area (Å²) in [5.41, 5.74) is -0.0496. The zero-order chi connectivity index (χ0) is 18.4. The Morgan fingerprint density at radius 2 is 1.62 bits per heavy atom. The highest BCUT2D eigenvalue weighted by Gasteiger charge is 2.08. The minimum atomic E-state index is -0.540. The molecule has 0 bridgehead atoms. The molecular formula is C20H18O6. The van der Waals surface area contributed by atoms with Gasteiger partial charge in [-0.1, -0.05) is 6.92 Å². The summed E-state index contributed by atoms with van der Waals surface area (Å²) in [5.74, 6) is 1.00. The highest BCUT2D eigenvalue weighted by molar-refractivity contribution is 5.78. The summed E-state index contributed by atoms with van der Waals surface area (Å²) in [7, 11) is 0. The molecule has 0 amide bonds. The number of hydrogen-bond donors (Lipinski definition) is 0. The molecule has 0 atom stereocenters. The van der Waals surface area contributed by atoms with E-state index in [1.54, 1.807) is 48.5 Å². The van der Waals surface area contributed by atoms with Gasteiger partial charge in [0, 0.05) is 17.5 Å². The molecule has 0 aliphatic heterocycles. The number of hydrogen-bond acceptors (Lipinski definition) is 6. The summed E-state index contributed by atoms with van der Waals surface area (Å²) in [4.78, 5) is 23.2. The molecule has 0 aliphatic carbocycles. The first-order valence-electron chi connectivity index (χ1n) is 8.24. The van der Waals surface area contributed by atoms with Gasteiger partial charge in [0.25, 0.3) is 0 Å². The molecule has 0 radical (unpaired) electrons. The topological polar surface area (TPSA) is 75.0 Å². The van der Waals surface area contributed by atoms with E-state index in [9.17, 15) is 9.59 Å². The van der Waals surface area contributed by atoms with E-state index < -0.39 is 11.6 Å². The largest absolute Gasteiger partial charge is 0.494 e. The van der Waals surface area contributed by atoms with Gasteiger partial charge < -0.3 is 18.6 Å². The van der Waals surface area contributed by atoms with Gasteiger partial charge in [-0.15, -0.1) is 0 Å². The molecule has 2 aromatic carbocycles. The Balaban J connectivity index is 1.56. The van der Waals surface area contributed by atoms with Crippen molar-refractivity contribution in [3.8, 4) is 17.2 Å². The minimum Gasteiger partial charge on any atom is -0.494 e. The first kappa shape index (κ1) is 17.5. The van der Waals surface area contributed by atoms with Gasteiger partial charge in [0.05, 0.1) is 6.61 Å². The molecule has 0 saturated carbocycles. The number of benzene rings is 2. The van der Waals surface area contributed by atoms with E-state index in [2.05, 4.69) is 0 Å². The maximum absolute atomic E-state index is 11.9. The van der Waals surface area contributed by atoms with Crippen molar-refractivity contribution in [2.45, 2.75) is 13.3 Å².